The van der Waals surface area contributed by atoms with Gasteiger partial charge in [0.05, 0.1) is 24.2 Å². The lowest BCUT2D eigenvalue weighted by Gasteiger charge is -2.32. The van der Waals surface area contributed by atoms with Crippen molar-refractivity contribution in [1.29, 1.82) is 0 Å². The van der Waals surface area contributed by atoms with E-state index in [0.29, 0.717) is 6.61 Å². The van der Waals surface area contributed by atoms with Crippen molar-refractivity contribution >= 4 is 35.8 Å². The van der Waals surface area contributed by atoms with Gasteiger partial charge in [-0.1, -0.05) is 6.07 Å². The van der Waals surface area contributed by atoms with Crippen LogP contribution in [0, 0.1) is 0 Å². The molecule has 1 fully saturated rings. The Morgan fingerprint density at radius 2 is 1.85 bits per heavy atom. The second-order valence-electron chi connectivity index (χ2n) is 7.42. The van der Waals surface area contributed by atoms with Crippen LogP contribution >= 0.6 is 22.7 Å². The molecule has 1 aliphatic heterocycles. The third kappa shape index (κ3) is 3.91. The van der Waals surface area contributed by atoms with Crippen molar-refractivity contribution in [1.82, 2.24) is 0 Å². The van der Waals surface area contributed by atoms with E-state index in [1.165, 1.54) is 9.75 Å². The van der Waals surface area contributed by atoms with Gasteiger partial charge in [-0.25, -0.2) is 0 Å². The first kappa shape index (κ1) is 19.6. The average molecular weight is 392 g/mol. The number of hydrogen-bond acceptors (Lipinski definition) is 6. The number of carbonyl (C=O) groups is 1. The molecule has 0 radical (unpaired) electrons. The molecular weight excluding hydrogens is 367 g/mol. The highest BCUT2D eigenvalue weighted by Crippen LogP contribution is 2.44. The number of thiophene rings is 2. The molecule has 2 aromatic heterocycles. The molecule has 0 spiro atoms. The normalized spacial score (nSPS) is 19.5. The van der Waals surface area contributed by atoms with E-state index in [9.17, 15) is 4.79 Å². The molecule has 3 rings (SSSR count). The molecule has 4 nitrogen and oxygen atoms in total. The average Bonchev–Trinajstić information content (AvgIpc) is 3.25. The molecule has 7 heteroatoms. The van der Waals surface area contributed by atoms with E-state index in [1.54, 1.807) is 22.7 Å². The van der Waals surface area contributed by atoms with Crippen molar-refractivity contribution in [3.63, 3.8) is 0 Å². The predicted octanol–water partition coefficient (Wildman–Crippen LogP) is 5.14. The number of hydrogen-bond donors (Lipinski definition) is 0. The van der Waals surface area contributed by atoms with Crippen molar-refractivity contribution in [2.75, 3.05) is 6.61 Å². The molecule has 0 aromatic carbocycles. The van der Waals surface area contributed by atoms with Crippen LogP contribution in [0.3, 0.4) is 0 Å². The molecule has 0 bridgehead atoms. The first-order valence-corrected chi connectivity index (χ1v) is 10.6. The number of esters is 1. The van der Waals surface area contributed by atoms with Crippen molar-refractivity contribution in [3.05, 3.63) is 34.5 Å². The molecule has 1 saturated heterocycles. The van der Waals surface area contributed by atoms with Gasteiger partial charge < -0.3 is 14.0 Å². The molecule has 1 unspecified atom stereocenters. The van der Waals surface area contributed by atoms with Crippen LogP contribution in [0.2, 0.25) is 0 Å². The van der Waals surface area contributed by atoms with Crippen molar-refractivity contribution in [3.8, 4) is 9.75 Å². The van der Waals surface area contributed by atoms with E-state index >= 15 is 0 Å². The van der Waals surface area contributed by atoms with E-state index in [2.05, 4.69) is 23.6 Å². The zero-order chi connectivity index (χ0) is 18.9. The molecule has 0 saturated carbocycles. The molecule has 140 valence electrons. The Kier molecular flexibility index (Phi) is 5.63. The lowest BCUT2D eigenvalue weighted by molar-refractivity contribution is -0.143. The largest absolute Gasteiger partial charge is 0.467 e. The quantitative estimate of drug-likeness (QED) is 0.504. The second-order valence-corrected chi connectivity index (χ2v) is 9.48. The molecule has 0 N–H and O–H groups in total. The fourth-order valence-electron chi connectivity index (χ4n) is 2.89. The summed E-state index contributed by atoms with van der Waals surface area (Å²) in [6.45, 7) is 10.3. The van der Waals surface area contributed by atoms with Crippen LogP contribution < -0.4 is 0 Å². The highest BCUT2D eigenvalue weighted by Gasteiger charge is 2.54. The second kappa shape index (κ2) is 7.47. The number of carbonyl (C=O) groups excluding carboxylic acids is 1. The summed E-state index contributed by atoms with van der Waals surface area (Å²) in [7, 11) is -0.473. The van der Waals surface area contributed by atoms with E-state index in [4.69, 9.17) is 14.0 Å². The molecule has 0 aliphatic carbocycles. The standard InChI is InChI=1S/C19H25BO4S2/c1-6-22-17(21)12-13(20-23-18(2,3)19(4,5)24-20)14-9-10-16(26-14)15-8-7-11-25-15/h7-11,13H,6,12H2,1-5H3. The maximum absolute atomic E-state index is 12.2. The predicted molar refractivity (Wildman–Crippen MR) is 108 cm³/mol. The minimum atomic E-state index is -0.473. The zero-order valence-electron chi connectivity index (χ0n) is 15.9. The molecule has 0 amide bonds. The number of rotatable bonds is 6. The summed E-state index contributed by atoms with van der Waals surface area (Å²) < 4.78 is 17.7. The van der Waals surface area contributed by atoms with Crippen LogP contribution in [-0.2, 0) is 18.8 Å². The van der Waals surface area contributed by atoms with Crippen LogP contribution in [-0.4, -0.2) is 30.9 Å². The molecule has 1 atom stereocenters. The Bertz CT molecular complexity index is 735. The first-order valence-electron chi connectivity index (χ1n) is 8.88. The molecule has 3 heterocycles. The van der Waals surface area contributed by atoms with Gasteiger partial charge in [-0.3, -0.25) is 4.79 Å². The summed E-state index contributed by atoms with van der Waals surface area (Å²) in [6.07, 6.45) is 0.245. The van der Waals surface area contributed by atoms with Gasteiger partial charge >= 0.3 is 13.1 Å². The molecule has 26 heavy (non-hydrogen) atoms. The fourth-order valence-corrected chi connectivity index (χ4v) is 4.84. The van der Waals surface area contributed by atoms with Gasteiger partial charge in [-0.05, 0) is 58.2 Å². The summed E-state index contributed by atoms with van der Waals surface area (Å²) in [5, 5.41) is 2.07. The summed E-state index contributed by atoms with van der Waals surface area (Å²) in [5.74, 6) is -0.410. The third-order valence-electron chi connectivity index (χ3n) is 5.05. The highest BCUT2D eigenvalue weighted by molar-refractivity contribution is 7.21. The van der Waals surface area contributed by atoms with Crippen LogP contribution in [0.5, 0.6) is 0 Å². The topological polar surface area (TPSA) is 44.8 Å². The zero-order valence-corrected chi connectivity index (χ0v) is 17.5. The van der Waals surface area contributed by atoms with Crippen LogP contribution in [0.15, 0.2) is 29.6 Å². The fraction of sp³-hybridized carbons (Fsp3) is 0.526. The molecular formula is C19H25BO4S2. The minimum absolute atomic E-state index is 0.186. The summed E-state index contributed by atoms with van der Waals surface area (Å²) >= 11 is 3.40. The van der Waals surface area contributed by atoms with Gasteiger partial charge in [-0.15, -0.1) is 22.7 Å². The summed E-state index contributed by atoms with van der Waals surface area (Å²) in [6, 6.07) is 8.34. The lowest BCUT2D eigenvalue weighted by atomic mass is 9.69. The molecule has 2 aromatic rings. The van der Waals surface area contributed by atoms with Crippen molar-refractivity contribution < 1.29 is 18.8 Å². The summed E-state index contributed by atoms with van der Waals surface area (Å²) in [4.78, 5) is 15.7. The van der Waals surface area contributed by atoms with Gasteiger partial charge in [0.2, 0.25) is 0 Å². The maximum atomic E-state index is 12.2. The maximum Gasteiger partial charge on any atom is 0.467 e. The Hall–Kier alpha value is -1.15. The Balaban J connectivity index is 1.88. The van der Waals surface area contributed by atoms with Crippen molar-refractivity contribution in [2.24, 2.45) is 0 Å². The summed E-state index contributed by atoms with van der Waals surface area (Å²) in [5.41, 5.74) is -0.864. The Morgan fingerprint density at radius 3 is 2.42 bits per heavy atom. The Labute approximate surface area is 163 Å². The lowest BCUT2D eigenvalue weighted by Crippen LogP contribution is -2.41. The van der Waals surface area contributed by atoms with E-state index in [0.717, 1.165) is 4.88 Å². The van der Waals surface area contributed by atoms with E-state index in [-0.39, 0.29) is 18.2 Å². The smallest absolute Gasteiger partial charge is 0.466 e. The third-order valence-corrected chi connectivity index (χ3v) is 7.33. The highest BCUT2D eigenvalue weighted by atomic mass is 32.1. The minimum Gasteiger partial charge on any atom is -0.466 e. The van der Waals surface area contributed by atoms with Gasteiger partial charge in [0.15, 0.2) is 0 Å². The van der Waals surface area contributed by atoms with E-state index < -0.39 is 18.3 Å². The van der Waals surface area contributed by atoms with Gasteiger partial charge in [0.25, 0.3) is 0 Å². The van der Waals surface area contributed by atoms with Gasteiger partial charge in [-0.2, -0.15) is 0 Å². The monoisotopic (exact) mass is 392 g/mol. The molecule has 1 aliphatic rings. The SMILES string of the molecule is CCOC(=O)CC(B1OC(C)(C)C(C)(C)O1)c1ccc(-c2cccs2)s1. The van der Waals surface area contributed by atoms with Crippen LogP contribution in [0.1, 0.15) is 51.7 Å². The van der Waals surface area contributed by atoms with Crippen molar-refractivity contribution in [2.45, 2.75) is 58.1 Å². The van der Waals surface area contributed by atoms with Crippen LogP contribution in [0.25, 0.3) is 9.75 Å². The van der Waals surface area contributed by atoms with Gasteiger partial charge in [0.1, 0.15) is 0 Å². The first-order chi connectivity index (χ1) is 12.2. The van der Waals surface area contributed by atoms with Gasteiger partial charge in [0, 0.05) is 20.4 Å². The van der Waals surface area contributed by atoms with E-state index in [1.807, 2.05) is 40.7 Å². The number of ether oxygens (including phenoxy) is 1. The van der Waals surface area contributed by atoms with Crippen LogP contribution in [0.4, 0.5) is 0 Å². The Morgan fingerprint density at radius 1 is 1.15 bits per heavy atom.